The highest BCUT2D eigenvalue weighted by Gasteiger charge is 2.16. The van der Waals surface area contributed by atoms with Gasteiger partial charge in [0.15, 0.2) is 5.82 Å². The minimum atomic E-state index is -0.482. The number of nitrogens with one attached hydrogen (secondary N) is 1. The number of halogens is 1. The van der Waals surface area contributed by atoms with Crippen LogP contribution in [0.5, 0.6) is 0 Å². The summed E-state index contributed by atoms with van der Waals surface area (Å²) in [4.78, 5) is 14.4. The SMILES string of the molecule is CCn1cnnc1CNc1ncc(Br)cc1[N+](=O)[O-]. The molecule has 0 saturated heterocycles. The van der Waals surface area contributed by atoms with Gasteiger partial charge in [0.05, 0.1) is 11.5 Å². The van der Waals surface area contributed by atoms with Crippen LogP contribution >= 0.6 is 15.9 Å². The first-order valence-electron chi connectivity index (χ1n) is 5.52. The van der Waals surface area contributed by atoms with Crippen molar-refractivity contribution in [1.82, 2.24) is 19.7 Å². The van der Waals surface area contributed by atoms with Gasteiger partial charge in [-0.25, -0.2) is 4.98 Å². The molecular weight excluding hydrogens is 316 g/mol. The van der Waals surface area contributed by atoms with E-state index in [1.165, 1.54) is 12.3 Å². The Hall–Kier alpha value is -2.03. The molecule has 0 unspecified atom stereocenters. The van der Waals surface area contributed by atoms with Gasteiger partial charge in [0.25, 0.3) is 0 Å². The number of anilines is 1. The van der Waals surface area contributed by atoms with Gasteiger partial charge in [-0.1, -0.05) is 0 Å². The molecular formula is C10H11BrN6O2. The van der Waals surface area contributed by atoms with Crippen molar-refractivity contribution in [2.75, 3.05) is 5.32 Å². The van der Waals surface area contributed by atoms with Gasteiger partial charge in [-0.3, -0.25) is 10.1 Å². The summed E-state index contributed by atoms with van der Waals surface area (Å²) in [6.45, 7) is 3.02. The van der Waals surface area contributed by atoms with Crippen LogP contribution in [0.2, 0.25) is 0 Å². The second-order valence-electron chi connectivity index (χ2n) is 3.67. The van der Waals surface area contributed by atoms with Crippen LogP contribution in [0.3, 0.4) is 0 Å². The molecule has 0 fully saturated rings. The van der Waals surface area contributed by atoms with Crippen LogP contribution in [0.4, 0.5) is 11.5 Å². The van der Waals surface area contributed by atoms with E-state index in [1.54, 1.807) is 6.33 Å². The zero-order valence-electron chi connectivity index (χ0n) is 10.1. The lowest BCUT2D eigenvalue weighted by atomic mass is 10.4. The fourth-order valence-electron chi connectivity index (χ4n) is 1.55. The second-order valence-corrected chi connectivity index (χ2v) is 4.58. The maximum absolute atomic E-state index is 10.9. The van der Waals surface area contributed by atoms with E-state index in [9.17, 15) is 10.1 Å². The molecule has 0 radical (unpaired) electrons. The monoisotopic (exact) mass is 326 g/mol. The van der Waals surface area contributed by atoms with Crippen molar-refractivity contribution in [2.45, 2.75) is 20.0 Å². The zero-order valence-corrected chi connectivity index (χ0v) is 11.7. The molecule has 9 heteroatoms. The van der Waals surface area contributed by atoms with Crippen LogP contribution in [0.15, 0.2) is 23.1 Å². The fraction of sp³-hybridized carbons (Fsp3) is 0.300. The summed E-state index contributed by atoms with van der Waals surface area (Å²) in [5.74, 6) is 0.903. The maximum atomic E-state index is 10.9. The second kappa shape index (κ2) is 5.74. The molecule has 0 aliphatic heterocycles. The first-order chi connectivity index (χ1) is 9.11. The quantitative estimate of drug-likeness (QED) is 0.666. The van der Waals surface area contributed by atoms with Crippen molar-refractivity contribution in [2.24, 2.45) is 0 Å². The molecule has 19 heavy (non-hydrogen) atoms. The first kappa shape index (κ1) is 13.4. The number of pyridine rings is 1. The third-order valence-corrected chi connectivity index (χ3v) is 2.91. The van der Waals surface area contributed by atoms with E-state index in [0.29, 0.717) is 16.8 Å². The largest absolute Gasteiger partial charge is 0.357 e. The van der Waals surface area contributed by atoms with Gasteiger partial charge in [0.2, 0.25) is 5.82 Å². The molecule has 2 rings (SSSR count). The van der Waals surface area contributed by atoms with Crippen LogP contribution in [0.25, 0.3) is 0 Å². The lowest BCUT2D eigenvalue weighted by Crippen LogP contribution is -2.09. The smallest absolute Gasteiger partial charge is 0.312 e. The van der Waals surface area contributed by atoms with Gasteiger partial charge in [-0.2, -0.15) is 0 Å². The van der Waals surface area contributed by atoms with E-state index in [4.69, 9.17) is 0 Å². The Morgan fingerprint density at radius 3 is 3.05 bits per heavy atom. The number of rotatable bonds is 5. The highest BCUT2D eigenvalue weighted by atomic mass is 79.9. The number of nitro groups is 1. The molecule has 100 valence electrons. The highest BCUT2D eigenvalue weighted by Crippen LogP contribution is 2.25. The van der Waals surface area contributed by atoms with Crippen LogP contribution in [0.1, 0.15) is 12.7 Å². The summed E-state index contributed by atoms with van der Waals surface area (Å²) in [7, 11) is 0. The molecule has 2 aromatic heterocycles. The van der Waals surface area contributed by atoms with Gasteiger partial charge in [0, 0.05) is 23.3 Å². The molecule has 0 spiro atoms. The van der Waals surface area contributed by atoms with Crippen LogP contribution in [-0.2, 0) is 13.1 Å². The zero-order chi connectivity index (χ0) is 13.8. The third kappa shape index (κ3) is 3.05. The molecule has 0 bridgehead atoms. The van der Waals surface area contributed by atoms with E-state index in [-0.39, 0.29) is 11.5 Å². The van der Waals surface area contributed by atoms with Crippen LogP contribution in [-0.4, -0.2) is 24.7 Å². The number of hydrogen-bond donors (Lipinski definition) is 1. The molecule has 0 saturated carbocycles. The maximum Gasteiger partial charge on any atom is 0.312 e. The summed E-state index contributed by atoms with van der Waals surface area (Å²) in [6, 6.07) is 1.40. The molecule has 8 nitrogen and oxygen atoms in total. The Morgan fingerprint density at radius 1 is 1.58 bits per heavy atom. The van der Waals surface area contributed by atoms with E-state index in [2.05, 4.69) is 36.4 Å². The van der Waals surface area contributed by atoms with Crippen molar-refractivity contribution < 1.29 is 4.92 Å². The number of aromatic nitrogens is 4. The third-order valence-electron chi connectivity index (χ3n) is 2.48. The highest BCUT2D eigenvalue weighted by molar-refractivity contribution is 9.10. The van der Waals surface area contributed by atoms with Gasteiger partial charge in [0.1, 0.15) is 6.33 Å². The average Bonchev–Trinajstić information content (AvgIpc) is 2.84. The fourth-order valence-corrected chi connectivity index (χ4v) is 1.87. The van der Waals surface area contributed by atoms with E-state index in [1.807, 2.05) is 11.5 Å². The predicted octanol–water partition coefficient (Wildman–Crippen LogP) is 1.98. The Labute approximate surface area is 117 Å². The first-order valence-corrected chi connectivity index (χ1v) is 6.31. The molecule has 0 amide bonds. The van der Waals surface area contributed by atoms with Gasteiger partial charge in [-0.05, 0) is 22.9 Å². The van der Waals surface area contributed by atoms with Gasteiger partial charge in [-0.15, -0.1) is 10.2 Å². The summed E-state index contributed by atoms with van der Waals surface area (Å²) < 4.78 is 2.40. The lowest BCUT2D eigenvalue weighted by molar-refractivity contribution is -0.384. The molecule has 0 aromatic carbocycles. The van der Waals surface area contributed by atoms with Crippen molar-refractivity contribution in [1.29, 1.82) is 0 Å². The Bertz CT molecular complexity index is 599. The molecule has 1 N–H and O–H groups in total. The van der Waals surface area contributed by atoms with Crippen LogP contribution < -0.4 is 5.32 Å². The topological polar surface area (TPSA) is 98.8 Å². The molecule has 2 heterocycles. The van der Waals surface area contributed by atoms with Gasteiger partial charge >= 0.3 is 5.69 Å². The van der Waals surface area contributed by atoms with Gasteiger partial charge < -0.3 is 9.88 Å². The summed E-state index contributed by atoms with van der Waals surface area (Å²) in [5.41, 5.74) is -0.0862. The van der Waals surface area contributed by atoms with Crippen LogP contribution in [0, 0.1) is 10.1 Å². The predicted molar refractivity (Wildman–Crippen MR) is 71.6 cm³/mol. The molecule has 0 aliphatic rings. The summed E-state index contributed by atoms with van der Waals surface area (Å²) >= 11 is 3.16. The van der Waals surface area contributed by atoms with Crippen molar-refractivity contribution in [3.8, 4) is 0 Å². The minimum Gasteiger partial charge on any atom is -0.357 e. The van der Waals surface area contributed by atoms with E-state index < -0.39 is 4.92 Å². The minimum absolute atomic E-state index is 0.0862. The van der Waals surface area contributed by atoms with Crippen molar-refractivity contribution in [3.05, 3.63) is 39.0 Å². The van der Waals surface area contributed by atoms with E-state index >= 15 is 0 Å². The average molecular weight is 327 g/mol. The van der Waals surface area contributed by atoms with Crippen molar-refractivity contribution in [3.63, 3.8) is 0 Å². The Morgan fingerprint density at radius 2 is 2.37 bits per heavy atom. The van der Waals surface area contributed by atoms with Crippen molar-refractivity contribution >= 4 is 27.4 Å². The molecule has 2 aromatic rings. The molecule has 0 aliphatic carbocycles. The number of aryl methyl sites for hydroxylation is 1. The number of hydrogen-bond acceptors (Lipinski definition) is 6. The lowest BCUT2D eigenvalue weighted by Gasteiger charge is -2.06. The Balaban J connectivity index is 2.18. The molecule has 0 atom stereocenters. The number of nitrogens with zero attached hydrogens (tertiary/aromatic N) is 5. The van der Waals surface area contributed by atoms with E-state index in [0.717, 1.165) is 6.54 Å². The summed E-state index contributed by atoms with van der Waals surface area (Å²) in [6.07, 6.45) is 3.11. The normalized spacial score (nSPS) is 10.4. The Kier molecular flexibility index (Phi) is 4.05. The summed E-state index contributed by atoms with van der Waals surface area (Å²) in [5, 5.41) is 21.6. The standard InChI is InChI=1S/C10H11BrN6O2/c1-2-16-6-14-15-9(16)5-13-10-8(17(18)19)3-7(11)4-12-10/h3-4,6H,2,5H2,1H3,(H,12,13).